The maximum atomic E-state index is 11.3. The predicted molar refractivity (Wildman–Crippen MR) is 71.4 cm³/mol. The summed E-state index contributed by atoms with van der Waals surface area (Å²) in [4.78, 5) is 15.6. The average molecular weight is 259 g/mol. The van der Waals surface area contributed by atoms with Gasteiger partial charge in [0.05, 0.1) is 0 Å². The van der Waals surface area contributed by atoms with Gasteiger partial charge in [-0.3, -0.25) is 4.79 Å². The van der Waals surface area contributed by atoms with Gasteiger partial charge in [0.2, 0.25) is 5.91 Å². The van der Waals surface area contributed by atoms with E-state index in [1.54, 1.807) is 0 Å². The second-order valence-corrected chi connectivity index (χ2v) is 4.23. The zero-order chi connectivity index (χ0) is 13.5. The van der Waals surface area contributed by atoms with Crippen LogP contribution in [0.5, 0.6) is 0 Å². The van der Waals surface area contributed by atoms with E-state index in [9.17, 15) is 4.79 Å². The van der Waals surface area contributed by atoms with Crippen molar-refractivity contribution in [1.29, 1.82) is 0 Å². The third kappa shape index (κ3) is 3.91. The van der Waals surface area contributed by atoms with Crippen LogP contribution in [-0.4, -0.2) is 22.6 Å². The Hall–Kier alpha value is -2.17. The maximum absolute atomic E-state index is 11.3. The normalized spacial score (nSPS) is 10.4. The molecule has 0 saturated heterocycles. The Morgan fingerprint density at radius 3 is 2.84 bits per heavy atom. The Morgan fingerprint density at radius 2 is 2.11 bits per heavy atom. The van der Waals surface area contributed by atoms with Crippen LogP contribution in [-0.2, 0) is 11.2 Å². The highest BCUT2D eigenvalue weighted by Crippen LogP contribution is 2.15. The number of aromatic nitrogens is 2. The van der Waals surface area contributed by atoms with Crippen molar-refractivity contribution in [2.24, 2.45) is 0 Å². The van der Waals surface area contributed by atoms with E-state index in [1.807, 2.05) is 37.3 Å². The first-order valence-corrected chi connectivity index (χ1v) is 6.44. The van der Waals surface area contributed by atoms with Crippen molar-refractivity contribution in [3.63, 3.8) is 0 Å². The van der Waals surface area contributed by atoms with Crippen LogP contribution < -0.4 is 5.32 Å². The standard InChI is InChI=1S/C14H17N3O2/c1-2-6-13(18)15-10-9-12-16-14(19-17-12)11-7-4-3-5-8-11/h3-5,7-8H,2,6,9-10H2,1H3,(H,15,18). The lowest BCUT2D eigenvalue weighted by Crippen LogP contribution is -2.25. The highest BCUT2D eigenvalue weighted by Gasteiger charge is 2.08. The molecule has 0 saturated carbocycles. The molecule has 0 aliphatic rings. The Kier molecular flexibility index (Phi) is 4.66. The molecular weight excluding hydrogens is 242 g/mol. The van der Waals surface area contributed by atoms with E-state index in [0.717, 1.165) is 12.0 Å². The third-order valence-electron chi connectivity index (χ3n) is 2.64. The number of nitrogens with zero attached hydrogens (tertiary/aromatic N) is 2. The van der Waals surface area contributed by atoms with Crippen molar-refractivity contribution in [1.82, 2.24) is 15.5 Å². The summed E-state index contributed by atoms with van der Waals surface area (Å²) in [6.07, 6.45) is 1.99. The predicted octanol–water partition coefficient (Wildman–Crippen LogP) is 2.20. The molecule has 1 amide bonds. The van der Waals surface area contributed by atoms with Crippen LogP contribution >= 0.6 is 0 Å². The van der Waals surface area contributed by atoms with Crippen LogP contribution in [0, 0.1) is 0 Å². The molecule has 19 heavy (non-hydrogen) atoms. The highest BCUT2D eigenvalue weighted by atomic mass is 16.5. The summed E-state index contributed by atoms with van der Waals surface area (Å²) in [5.74, 6) is 1.18. The molecule has 0 unspecified atom stereocenters. The lowest BCUT2D eigenvalue weighted by atomic mass is 10.2. The van der Waals surface area contributed by atoms with Gasteiger partial charge in [0.25, 0.3) is 5.89 Å². The first-order chi connectivity index (χ1) is 9.29. The summed E-state index contributed by atoms with van der Waals surface area (Å²) >= 11 is 0. The fourth-order valence-electron chi connectivity index (χ4n) is 1.68. The molecule has 1 N–H and O–H groups in total. The SMILES string of the molecule is CCCC(=O)NCCc1noc(-c2ccccc2)n1. The lowest BCUT2D eigenvalue weighted by Gasteiger charge is -2.00. The largest absolute Gasteiger partial charge is 0.356 e. The van der Waals surface area contributed by atoms with Gasteiger partial charge in [0, 0.05) is 24.9 Å². The van der Waals surface area contributed by atoms with Gasteiger partial charge in [-0.2, -0.15) is 4.98 Å². The number of amides is 1. The van der Waals surface area contributed by atoms with Crippen molar-refractivity contribution < 1.29 is 9.32 Å². The van der Waals surface area contributed by atoms with E-state index >= 15 is 0 Å². The minimum absolute atomic E-state index is 0.0641. The van der Waals surface area contributed by atoms with Crippen LogP contribution in [0.1, 0.15) is 25.6 Å². The molecule has 0 bridgehead atoms. The summed E-state index contributed by atoms with van der Waals surface area (Å²) in [6, 6.07) is 9.61. The monoisotopic (exact) mass is 259 g/mol. The van der Waals surface area contributed by atoms with Gasteiger partial charge >= 0.3 is 0 Å². The summed E-state index contributed by atoms with van der Waals surface area (Å²) in [7, 11) is 0. The quantitative estimate of drug-likeness (QED) is 0.863. The fraction of sp³-hybridized carbons (Fsp3) is 0.357. The number of carbonyl (C=O) groups excluding carboxylic acids is 1. The zero-order valence-corrected chi connectivity index (χ0v) is 10.9. The van der Waals surface area contributed by atoms with Gasteiger partial charge in [-0.25, -0.2) is 0 Å². The van der Waals surface area contributed by atoms with Gasteiger partial charge in [0.1, 0.15) is 0 Å². The second-order valence-electron chi connectivity index (χ2n) is 4.23. The van der Waals surface area contributed by atoms with Gasteiger partial charge in [-0.1, -0.05) is 30.3 Å². The zero-order valence-electron chi connectivity index (χ0n) is 10.9. The molecule has 0 spiro atoms. The Balaban J connectivity index is 1.86. The average Bonchev–Trinajstić information content (AvgIpc) is 2.89. The molecule has 0 aliphatic carbocycles. The molecule has 0 aliphatic heterocycles. The number of rotatable bonds is 6. The molecule has 5 nitrogen and oxygen atoms in total. The molecule has 0 fully saturated rings. The van der Waals surface area contributed by atoms with Gasteiger partial charge in [0.15, 0.2) is 5.82 Å². The van der Waals surface area contributed by atoms with E-state index in [2.05, 4.69) is 15.5 Å². The van der Waals surface area contributed by atoms with Gasteiger partial charge < -0.3 is 9.84 Å². The van der Waals surface area contributed by atoms with Gasteiger partial charge in [-0.15, -0.1) is 0 Å². The molecule has 1 aromatic heterocycles. The van der Waals surface area contributed by atoms with Gasteiger partial charge in [-0.05, 0) is 18.6 Å². The van der Waals surface area contributed by atoms with Crippen LogP contribution in [0.4, 0.5) is 0 Å². The number of hydrogen-bond donors (Lipinski definition) is 1. The summed E-state index contributed by atoms with van der Waals surface area (Å²) < 4.78 is 5.18. The third-order valence-corrected chi connectivity index (χ3v) is 2.64. The van der Waals surface area contributed by atoms with Crippen LogP contribution in [0.15, 0.2) is 34.9 Å². The van der Waals surface area contributed by atoms with Crippen molar-refractivity contribution in [3.05, 3.63) is 36.2 Å². The molecule has 2 rings (SSSR count). The van der Waals surface area contributed by atoms with Crippen LogP contribution in [0.25, 0.3) is 11.5 Å². The summed E-state index contributed by atoms with van der Waals surface area (Å²) in [6.45, 7) is 2.51. The van der Waals surface area contributed by atoms with Crippen LogP contribution in [0.3, 0.4) is 0 Å². The molecule has 100 valence electrons. The summed E-state index contributed by atoms with van der Waals surface area (Å²) in [5, 5.41) is 6.72. The second kappa shape index (κ2) is 6.68. The molecule has 5 heteroatoms. The van der Waals surface area contributed by atoms with E-state index in [1.165, 1.54) is 0 Å². The highest BCUT2D eigenvalue weighted by molar-refractivity contribution is 5.75. The number of carbonyl (C=O) groups is 1. The van der Waals surface area contributed by atoms with E-state index in [4.69, 9.17) is 4.52 Å². The first-order valence-electron chi connectivity index (χ1n) is 6.44. The van der Waals surface area contributed by atoms with Crippen molar-refractivity contribution in [3.8, 4) is 11.5 Å². The Morgan fingerprint density at radius 1 is 1.32 bits per heavy atom. The molecule has 0 radical (unpaired) electrons. The van der Waals surface area contributed by atoms with E-state index in [-0.39, 0.29) is 5.91 Å². The van der Waals surface area contributed by atoms with E-state index < -0.39 is 0 Å². The Labute approximate surface area is 112 Å². The van der Waals surface area contributed by atoms with Crippen molar-refractivity contribution in [2.45, 2.75) is 26.2 Å². The number of benzene rings is 1. The molecule has 1 aromatic carbocycles. The van der Waals surface area contributed by atoms with Crippen molar-refractivity contribution in [2.75, 3.05) is 6.54 Å². The number of hydrogen-bond acceptors (Lipinski definition) is 4. The minimum Gasteiger partial charge on any atom is -0.356 e. The Bertz CT molecular complexity index is 522. The fourth-order valence-corrected chi connectivity index (χ4v) is 1.68. The minimum atomic E-state index is 0.0641. The van der Waals surface area contributed by atoms with Crippen molar-refractivity contribution >= 4 is 5.91 Å². The number of nitrogens with one attached hydrogen (secondary N) is 1. The smallest absolute Gasteiger partial charge is 0.257 e. The lowest BCUT2D eigenvalue weighted by molar-refractivity contribution is -0.121. The molecule has 1 heterocycles. The summed E-state index contributed by atoms with van der Waals surface area (Å²) in [5.41, 5.74) is 0.899. The topological polar surface area (TPSA) is 68.0 Å². The van der Waals surface area contributed by atoms with E-state index in [0.29, 0.717) is 31.1 Å². The molecular formula is C14H17N3O2. The first kappa shape index (κ1) is 13.3. The molecule has 0 atom stereocenters. The van der Waals surface area contributed by atoms with Crippen LogP contribution in [0.2, 0.25) is 0 Å². The molecule has 2 aromatic rings. The maximum Gasteiger partial charge on any atom is 0.257 e.